The van der Waals surface area contributed by atoms with Gasteiger partial charge in [-0.05, 0) is 57.9 Å². The van der Waals surface area contributed by atoms with E-state index in [-0.39, 0.29) is 5.91 Å². The van der Waals surface area contributed by atoms with Gasteiger partial charge in [0.15, 0.2) is 5.82 Å². The van der Waals surface area contributed by atoms with Crippen molar-refractivity contribution in [1.29, 1.82) is 0 Å². The van der Waals surface area contributed by atoms with Gasteiger partial charge >= 0.3 is 0 Å². The van der Waals surface area contributed by atoms with Crippen molar-refractivity contribution in [2.24, 2.45) is 0 Å². The third-order valence-electron chi connectivity index (χ3n) is 7.40. The van der Waals surface area contributed by atoms with Crippen LogP contribution in [0.5, 0.6) is 0 Å². The maximum atomic E-state index is 12.4. The Hall–Kier alpha value is -3.37. The monoisotopic (exact) mass is 474 g/mol. The highest BCUT2D eigenvalue weighted by molar-refractivity contribution is 5.95. The number of amides is 1. The number of nitrogens with zero attached hydrogens (tertiary/aromatic N) is 7. The molecule has 0 radical (unpaired) electrons. The molecule has 1 atom stereocenters. The number of rotatable bonds is 5. The quantitative estimate of drug-likeness (QED) is 0.576. The van der Waals surface area contributed by atoms with Gasteiger partial charge in [0.1, 0.15) is 11.3 Å². The maximum Gasteiger partial charge on any atom is 0.241 e. The molecule has 2 bridgehead atoms. The molecule has 10 heteroatoms. The zero-order chi connectivity index (χ0) is 24.1. The Labute approximate surface area is 204 Å². The summed E-state index contributed by atoms with van der Waals surface area (Å²) in [4.78, 5) is 37.2. The van der Waals surface area contributed by atoms with Crippen LogP contribution in [0.15, 0.2) is 30.6 Å². The molecule has 0 spiro atoms. The number of hydrogen-bond donors (Lipinski definition) is 2. The van der Waals surface area contributed by atoms with E-state index in [1.807, 2.05) is 30.1 Å². The Bertz CT molecular complexity index is 1240. The molecule has 3 aromatic rings. The molecule has 0 saturated carbocycles. The van der Waals surface area contributed by atoms with E-state index in [0.717, 1.165) is 29.0 Å². The van der Waals surface area contributed by atoms with Gasteiger partial charge in [0.2, 0.25) is 11.9 Å². The van der Waals surface area contributed by atoms with Crippen molar-refractivity contribution in [3.05, 3.63) is 36.3 Å². The average Bonchev–Trinajstić information content (AvgIpc) is 3.44. The molecule has 182 valence electrons. The lowest BCUT2D eigenvalue weighted by molar-refractivity contribution is -0.120. The number of nitrogens with one attached hydrogen (secondary N) is 1. The van der Waals surface area contributed by atoms with Gasteiger partial charge in [0, 0.05) is 36.8 Å². The Balaban J connectivity index is 1.29. The number of hydrogen-bond acceptors (Lipinski definition) is 9. The third kappa shape index (κ3) is 4.06. The number of pyridine rings is 2. The molecule has 3 aliphatic heterocycles. The summed E-state index contributed by atoms with van der Waals surface area (Å²) in [5.74, 6) is 1.95. The van der Waals surface area contributed by atoms with Crippen LogP contribution in [0.4, 0.5) is 23.3 Å². The summed E-state index contributed by atoms with van der Waals surface area (Å²) in [7, 11) is 1.95. The van der Waals surface area contributed by atoms with Crippen LogP contribution in [0.1, 0.15) is 44.4 Å². The van der Waals surface area contributed by atoms with Gasteiger partial charge in [-0.1, -0.05) is 0 Å². The van der Waals surface area contributed by atoms with Crippen LogP contribution in [0.3, 0.4) is 0 Å². The largest absolute Gasteiger partial charge is 0.387 e. The summed E-state index contributed by atoms with van der Waals surface area (Å²) in [6.45, 7) is 3.64. The van der Waals surface area contributed by atoms with Gasteiger partial charge in [0.05, 0.1) is 30.2 Å². The zero-order valence-electron chi connectivity index (χ0n) is 20.1. The molecular formula is C25H30N8O2. The second-order valence-electron chi connectivity index (χ2n) is 9.86. The van der Waals surface area contributed by atoms with Crippen molar-refractivity contribution < 1.29 is 9.90 Å². The molecule has 6 rings (SSSR count). The van der Waals surface area contributed by atoms with Gasteiger partial charge in [-0.25, -0.2) is 19.9 Å². The highest BCUT2D eigenvalue weighted by atomic mass is 16.3. The number of anilines is 4. The number of carbonyl (C=O) groups excluding carboxylic acids is 1. The Morgan fingerprint density at radius 3 is 2.49 bits per heavy atom. The van der Waals surface area contributed by atoms with Crippen molar-refractivity contribution in [1.82, 2.24) is 24.8 Å². The van der Waals surface area contributed by atoms with Crippen LogP contribution in [0, 0.1) is 0 Å². The standard InChI is InChI=1S/C25H30N8O2/c1-15(34)20-11-16-12-27-25(30-23(16)24(28-20)33-17-3-4-18(33)6-5-17)29-21-8-7-19(13-26-21)32-10-9-31(2)14-22(32)35/h7-8,11-13,15,17-18,34H,3-6,9-10,14H2,1-2H3,(H,26,27,29,30). The lowest BCUT2D eigenvalue weighted by Crippen LogP contribution is -2.48. The molecule has 10 nitrogen and oxygen atoms in total. The molecule has 3 fully saturated rings. The molecule has 35 heavy (non-hydrogen) atoms. The van der Waals surface area contributed by atoms with E-state index in [2.05, 4.69) is 20.2 Å². The van der Waals surface area contributed by atoms with Gasteiger partial charge in [-0.2, -0.15) is 0 Å². The molecule has 2 N–H and O–H groups in total. The number of carbonyl (C=O) groups is 1. The molecule has 3 aliphatic rings. The SMILES string of the molecule is CC(O)c1cc2cnc(Nc3ccc(N4CCN(C)CC4=O)cn3)nc2c(N2C3CCC2CC3)n1. The Kier molecular flexibility index (Phi) is 5.49. The lowest BCUT2D eigenvalue weighted by Gasteiger charge is -2.31. The minimum atomic E-state index is -0.661. The molecular weight excluding hydrogens is 444 g/mol. The highest BCUT2D eigenvalue weighted by Gasteiger charge is 2.41. The van der Waals surface area contributed by atoms with E-state index in [1.54, 1.807) is 24.2 Å². The second-order valence-corrected chi connectivity index (χ2v) is 9.86. The number of aliphatic hydroxyl groups is 1. The summed E-state index contributed by atoms with van der Waals surface area (Å²) >= 11 is 0. The lowest BCUT2D eigenvalue weighted by atomic mass is 10.0. The molecule has 0 aromatic carbocycles. The van der Waals surface area contributed by atoms with Crippen LogP contribution in [0.2, 0.25) is 0 Å². The topological polar surface area (TPSA) is 111 Å². The highest BCUT2D eigenvalue weighted by Crippen LogP contribution is 2.42. The van der Waals surface area contributed by atoms with Gasteiger partial charge < -0.3 is 20.2 Å². The number of aromatic nitrogens is 4. The minimum absolute atomic E-state index is 0.0756. The van der Waals surface area contributed by atoms with E-state index in [0.29, 0.717) is 42.6 Å². The summed E-state index contributed by atoms with van der Waals surface area (Å²) in [5, 5.41) is 14.3. The van der Waals surface area contributed by atoms with Crippen molar-refractivity contribution in [3.8, 4) is 0 Å². The van der Waals surface area contributed by atoms with Crippen molar-refractivity contribution in [2.45, 2.75) is 50.8 Å². The molecule has 3 aromatic heterocycles. The van der Waals surface area contributed by atoms with Crippen LogP contribution in [0.25, 0.3) is 10.9 Å². The van der Waals surface area contributed by atoms with E-state index >= 15 is 0 Å². The predicted molar refractivity (Wildman–Crippen MR) is 134 cm³/mol. The maximum absolute atomic E-state index is 12.4. The smallest absolute Gasteiger partial charge is 0.241 e. The van der Waals surface area contributed by atoms with Crippen molar-refractivity contribution >= 4 is 40.1 Å². The van der Waals surface area contributed by atoms with Crippen LogP contribution >= 0.6 is 0 Å². The first-order valence-electron chi connectivity index (χ1n) is 12.3. The number of aliphatic hydroxyl groups excluding tert-OH is 1. The summed E-state index contributed by atoms with van der Waals surface area (Å²) in [6.07, 6.45) is 7.52. The summed E-state index contributed by atoms with van der Waals surface area (Å²) in [6, 6.07) is 6.57. The summed E-state index contributed by atoms with van der Waals surface area (Å²) in [5.41, 5.74) is 2.21. The van der Waals surface area contributed by atoms with Crippen LogP contribution in [-0.2, 0) is 4.79 Å². The minimum Gasteiger partial charge on any atom is -0.387 e. The molecule has 3 saturated heterocycles. The number of piperazine rings is 1. The second kappa shape index (κ2) is 8.69. The van der Waals surface area contributed by atoms with Gasteiger partial charge in [-0.15, -0.1) is 0 Å². The fraction of sp³-hybridized carbons (Fsp3) is 0.480. The van der Waals surface area contributed by atoms with Gasteiger partial charge in [-0.3, -0.25) is 9.69 Å². The fourth-order valence-corrected chi connectivity index (χ4v) is 5.55. The zero-order valence-corrected chi connectivity index (χ0v) is 20.1. The first-order chi connectivity index (χ1) is 17.0. The number of fused-ring (bicyclic) bond motifs is 3. The Morgan fingerprint density at radius 1 is 1.06 bits per heavy atom. The van der Waals surface area contributed by atoms with Gasteiger partial charge in [0.25, 0.3) is 0 Å². The first kappa shape index (κ1) is 22.1. The third-order valence-corrected chi connectivity index (χ3v) is 7.40. The van der Waals surface area contributed by atoms with E-state index in [1.165, 1.54) is 25.7 Å². The molecule has 0 aliphatic carbocycles. The molecule has 1 amide bonds. The van der Waals surface area contributed by atoms with Crippen molar-refractivity contribution in [2.75, 3.05) is 41.8 Å². The summed E-state index contributed by atoms with van der Waals surface area (Å²) < 4.78 is 0. The number of likely N-dealkylation sites (N-methyl/N-ethyl adjacent to an activating group) is 1. The molecule has 1 unspecified atom stereocenters. The van der Waals surface area contributed by atoms with E-state index < -0.39 is 6.10 Å². The predicted octanol–water partition coefficient (Wildman–Crippen LogP) is 2.63. The van der Waals surface area contributed by atoms with Crippen molar-refractivity contribution in [3.63, 3.8) is 0 Å². The molecule has 6 heterocycles. The van der Waals surface area contributed by atoms with E-state index in [4.69, 9.17) is 9.97 Å². The van der Waals surface area contributed by atoms with Crippen LogP contribution < -0.4 is 15.1 Å². The van der Waals surface area contributed by atoms with E-state index in [9.17, 15) is 9.90 Å². The fourth-order valence-electron chi connectivity index (χ4n) is 5.55. The normalized spacial score (nSPS) is 23.3. The Morgan fingerprint density at radius 2 is 1.83 bits per heavy atom. The first-order valence-corrected chi connectivity index (χ1v) is 12.3. The average molecular weight is 475 g/mol. The van der Waals surface area contributed by atoms with Crippen LogP contribution in [-0.4, -0.2) is 74.6 Å².